The number of hydrogen-bond acceptors (Lipinski definition) is 3. The Hall–Kier alpha value is -0.751. The van der Waals surface area contributed by atoms with Crippen LogP contribution in [0.4, 0.5) is 4.79 Å². The number of urea groups is 1. The quantitative estimate of drug-likeness (QED) is 0.604. The van der Waals surface area contributed by atoms with Gasteiger partial charge in [0.15, 0.2) is 0 Å². The van der Waals surface area contributed by atoms with Gasteiger partial charge in [0.25, 0.3) is 0 Å². The zero-order valence-electron chi connectivity index (χ0n) is 8.74. The number of carbonyl (C=O) groups is 3. The van der Waals surface area contributed by atoms with E-state index in [1.165, 1.54) is 21.9 Å². The third-order valence-corrected chi connectivity index (χ3v) is 5.16. The molecule has 0 aromatic heterocycles. The summed E-state index contributed by atoms with van der Waals surface area (Å²) in [6, 6.07) is -0.331. The molecule has 0 unspecified atom stereocenters. The molecule has 0 fully saturated rings. The molecule has 0 aliphatic heterocycles. The van der Waals surface area contributed by atoms with Gasteiger partial charge in [0, 0.05) is 0 Å². The first-order chi connectivity index (χ1) is 7.34. The van der Waals surface area contributed by atoms with Crippen LogP contribution in [0.15, 0.2) is 0 Å². The molecule has 0 heterocycles. The fraction of sp³-hybridized carbons (Fsp3) is 0.571. The summed E-state index contributed by atoms with van der Waals surface area (Å²) in [5, 5.41) is 16.8. The summed E-state index contributed by atoms with van der Waals surface area (Å²) in [6.07, 6.45) is 0. The van der Waals surface area contributed by atoms with Crippen molar-refractivity contribution in [2.24, 2.45) is 0 Å². The average molecular weight is 362 g/mol. The van der Waals surface area contributed by atoms with Crippen molar-refractivity contribution in [2.45, 2.75) is 10.6 Å². The molecular weight excluding hydrogens is 350 g/mol. The van der Waals surface area contributed by atoms with E-state index in [4.69, 9.17) is 10.2 Å². The van der Waals surface area contributed by atoms with E-state index in [1.807, 2.05) is 0 Å². The molecular formula is C7H12N2O5Se2. The summed E-state index contributed by atoms with van der Waals surface area (Å²) in [5.74, 6) is -1.89. The number of carboxylic acids is 2. The normalized spacial score (nSPS) is 9.62. The molecule has 16 heavy (non-hydrogen) atoms. The first-order valence-corrected chi connectivity index (χ1v) is 8.01. The molecule has 0 bridgehead atoms. The minimum atomic E-state index is -0.946. The fourth-order valence-electron chi connectivity index (χ4n) is 0.613. The van der Waals surface area contributed by atoms with Gasteiger partial charge in [0.2, 0.25) is 0 Å². The van der Waals surface area contributed by atoms with Crippen molar-refractivity contribution in [1.82, 2.24) is 7.83 Å². The van der Waals surface area contributed by atoms with Crippen LogP contribution in [-0.4, -0.2) is 80.5 Å². The zero-order valence-corrected chi connectivity index (χ0v) is 12.2. The van der Waals surface area contributed by atoms with Crippen molar-refractivity contribution in [3.8, 4) is 0 Å². The second kappa shape index (κ2) is 7.51. The maximum absolute atomic E-state index is 11.6. The van der Waals surface area contributed by atoms with Crippen molar-refractivity contribution in [1.29, 1.82) is 0 Å². The Morgan fingerprint density at radius 1 is 0.938 bits per heavy atom. The second-order valence-corrected chi connectivity index (χ2v) is 7.20. The van der Waals surface area contributed by atoms with Gasteiger partial charge in [-0.3, -0.25) is 0 Å². The van der Waals surface area contributed by atoms with E-state index in [-0.39, 0.29) is 16.7 Å². The van der Waals surface area contributed by atoms with Crippen molar-refractivity contribution in [3.63, 3.8) is 0 Å². The third kappa shape index (κ3) is 6.68. The molecule has 0 spiro atoms. The van der Waals surface area contributed by atoms with Crippen LogP contribution in [0.2, 0.25) is 10.6 Å². The molecule has 7 nitrogen and oxygen atoms in total. The van der Waals surface area contributed by atoms with Crippen molar-refractivity contribution < 1.29 is 24.6 Å². The number of amides is 2. The molecule has 0 aromatic carbocycles. The number of hydrogen-bond donors (Lipinski definition) is 2. The fourth-order valence-corrected chi connectivity index (χ4v) is 3.13. The van der Waals surface area contributed by atoms with Gasteiger partial charge in [-0.2, -0.15) is 0 Å². The predicted molar refractivity (Wildman–Crippen MR) is 57.3 cm³/mol. The summed E-state index contributed by atoms with van der Waals surface area (Å²) >= 11 is -0.896. The first kappa shape index (κ1) is 15.2. The Morgan fingerprint density at radius 3 is 1.50 bits per heavy atom. The first-order valence-electron chi connectivity index (χ1n) is 4.05. The van der Waals surface area contributed by atoms with Crippen molar-refractivity contribution >= 4 is 48.3 Å². The molecule has 0 aliphatic rings. The van der Waals surface area contributed by atoms with Crippen LogP contribution in [0.1, 0.15) is 0 Å². The molecule has 0 rings (SSSR count). The van der Waals surface area contributed by atoms with E-state index in [1.54, 1.807) is 0 Å². The third-order valence-electron chi connectivity index (χ3n) is 1.30. The van der Waals surface area contributed by atoms with Gasteiger partial charge in [-0.25, -0.2) is 0 Å². The van der Waals surface area contributed by atoms with Crippen LogP contribution in [0.5, 0.6) is 0 Å². The molecule has 2 N–H and O–H groups in total. The van der Waals surface area contributed by atoms with Gasteiger partial charge >= 0.3 is 105 Å². The molecule has 0 aliphatic carbocycles. The average Bonchev–Trinajstić information content (AvgIpc) is 2.21. The van der Waals surface area contributed by atoms with Crippen LogP contribution in [0.3, 0.4) is 0 Å². The predicted octanol–water partition coefficient (Wildman–Crippen LogP) is -0.786. The Balaban J connectivity index is 4.00. The van der Waals surface area contributed by atoms with Crippen LogP contribution in [-0.2, 0) is 9.59 Å². The van der Waals surface area contributed by atoms with Crippen LogP contribution >= 0.6 is 0 Å². The number of carbonyl (C=O) groups excluding carboxylic acids is 1. The number of nitrogens with zero attached hydrogens (tertiary/aromatic N) is 2. The van der Waals surface area contributed by atoms with Gasteiger partial charge in [-0.1, -0.05) is 0 Å². The molecule has 0 aromatic rings. The summed E-state index contributed by atoms with van der Waals surface area (Å²) in [5.41, 5.74) is 0. The van der Waals surface area contributed by atoms with E-state index in [2.05, 4.69) is 0 Å². The number of rotatable bonds is 6. The van der Waals surface area contributed by atoms with Gasteiger partial charge in [0.1, 0.15) is 0 Å². The van der Waals surface area contributed by atoms with Gasteiger partial charge in [-0.15, -0.1) is 0 Å². The van der Waals surface area contributed by atoms with Crippen molar-refractivity contribution in [3.05, 3.63) is 0 Å². The van der Waals surface area contributed by atoms with E-state index in [9.17, 15) is 14.4 Å². The topological polar surface area (TPSA) is 98.2 Å². The van der Waals surface area contributed by atoms with Crippen LogP contribution in [0.25, 0.3) is 0 Å². The van der Waals surface area contributed by atoms with Crippen molar-refractivity contribution in [2.75, 3.05) is 14.1 Å². The summed E-state index contributed by atoms with van der Waals surface area (Å²) < 4.78 is 2.65. The maximum atomic E-state index is 11.6. The van der Waals surface area contributed by atoms with E-state index < -0.39 is 42.3 Å². The summed E-state index contributed by atoms with van der Waals surface area (Å²) in [4.78, 5) is 32.2. The van der Waals surface area contributed by atoms with Gasteiger partial charge < -0.3 is 0 Å². The Bertz CT molecular complexity index is 260. The number of aliphatic carboxylic acids is 2. The number of carboxylic acid groups (broad SMARTS) is 2. The monoisotopic (exact) mass is 364 g/mol. The van der Waals surface area contributed by atoms with Gasteiger partial charge in [-0.05, 0) is 0 Å². The van der Waals surface area contributed by atoms with E-state index in [0.717, 1.165) is 0 Å². The summed E-state index contributed by atoms with van der Waals surface area (Å²) in [7, 11) is 3.03. The van der Waals surface area contributed by atoms with E-state index >= 15 is 0 Å². The Labute approximate surface area is 106 Å². The SMILES string of the molecule is CN([Se]CC(=O)O)C(=O)N(C)[Se]CC(=O)O. The Kier molecular flexibility index (Phi) is 7.16. The molecule has 9 heteroatoms. The zero-order chi connectivity index (χ0) is 12.7. The van der Waals surface area contributed by atoms with Gasteiger partial charge in [0.05, 0.1) is 0 Å². The van der Waals surface area contributed by atoms with E-state index in [0.29, 0.717) is 0 Å². The molecule has 0 saturated carbocycles. The molecule has 2 amide bonds. The molecule has 0 saturated heterocycles. The standard InChI is InChI=1S/C7H12N2O5Se2/c1-8(15-3-5(10)11)7(14)9(2)16-4-6(12)13/h3-4H2,1-2H3,(H,10,11)(H,12,13). The molecule has 92 valence electrons. The molecule has 0 radical (unpaired) electrons. The summed E-state index contributed by atoms with van der Waals surface area (Å²) in [6.45, 7) is 0. The molecule has 0 atom stereocenters. The second-order valence-electron chi connectivity index (χ2n) is 2.61. The van der Waals surface area contributed by atoms with Crippen LogP contribution in [0, 0.1) is 0 Å². The Morgan fingerprint density at radius 2 is 1.25 bits per heavy atom. The minimum absolute atomic E-state index is 0.0605. The van der Waals surface area contributed by atoms with Crippen LogP contribution < -0.4 is 0 Å².